The summed E-state index contributed by atoms with van der Waals surface area (Å²) in [6.07, 6.45) is 9.39. The number of unbranched alkanes of at least 4 members (excludes halogenated alkanes) is 1. The van der Waals surface area contributed by atoms with Gasteiger partial charge < -0.3 is 24.5 Å². The van der Waals surface area contributed by atoms with Crippen molar-refractivity contribution in [3.05, 3.63) is 24.3 Å². The second-order valence-corrected chi connectivity index (χ2v) is 12.5. The average molecular weight is 519 g/mol. The third-order valence-electron chi connectivity index (χ3n) is 8.44. The number of morpholine rings is 1. The molecule has 0 saturated carbocycles. The van der Waals surface area contributed by atoms with E-state index >= 15 is 0 Å². The van der Waals surface area contributed by atoms with Crippen LogP contribution in [0.5, 0.6) is 0 Å². The Morgan fingerprint density at radius 3 is 2.47 bits per heavy atom. The number of fused-ring (bicyclic) bond motifs is 2. The standard InChI is InChI=1S/C26H38N4O5S/c1-25-7-5-9-27(2)22(32)19(25)20-23(33)30(11-3-4-16-31)21-24(34)29(10-6-8-26(20,21)36-25)13-12-28-14-17-35-18-15-28/h5-8,19-21,31H,3-4,9-18H2,1-2H3/t19-,20+,21?,25+,26+/m1/s1. The van der Waals surface area contributed by atoms with Crippen molar-refractivity contribution in [2.75, 3.05) is 72.7 Å². The molecule has 5 aliphatic rings. The molecule has 1 N–H and O–H groups in total. The zero-order chi connectivity index (χ0) is 25.5. The van der Waals surface area contributed by atoms with E-state index in [2.05, 4.69) is 17.1 Å². The smallest absolute Gasteiger partial charge is 0.247 e. The SMILES string of the molecule is CN1CC=C[C@]2(C)S[C@]34C=CCN(CCN5CCOCC5)C(=O)C3N(CCCCO)C(=O)[C@@H]4[C@@H]2C1=O. The predicted octanol–water partition coefficient (Wildman–Crippen LogP) is 0.205. The Morgan fingerprint density at radius 1 is 0.972 bits per heavy atom. The van der Waals surface area contributed by atoms with Crippen LogP contribution in [0.25, 0.3) is 0 Å². The van der Waals surface area contributed by atoms with Gasteiger partial charge in [-0.15, -0.1) is 11.8 Å². The highest BCUT2D eigenvalue weighted by atomic mass is 32.2. The summed E-state index contributed by atoms with van der Waals surface area (Å²) in [6, 6.07) is -0.655. The van der Waals surface area contributed by atoms with Crippen LogP contribution in [0.2, 0.25) is 0 Å². The lowest BCUT2D eigenvalue weighted by atomic mass is 9.74. The van der Waals surface area contributed by atoms with Crippen LogP contribution in [0, 0.1) is 11.8 Å². The first-order valence-corrected chi connectivity index (χ1v) is 13.9. The van der Waals surface area contributed by atoms with E-state index in [1.165, 1.54) is 0 Å². The van der Waals surface area contributed by atoms with Crippen LogP contribution < -0.4 is 0 Å². The molecule has 0 aromatic rings. The Balaban J connectivity index is 1.49. The summed E-state index contributed by atoms with van der Waals surface area (Å²) in [7, 11) is 1.78. The third-order valence-corrected chi connectivity index (χ3v) is 10.2. The number of thioether (sulfide) groups is 1. The molecule has 1 unspecified atom stereocenters. The van der Waals surface area contributed by atoms with Gasteiger partial charge in [0.15, 0.2) is 0 Å². The van der Waals surface area contributed by atoms with E-state index in [1.54, 1.807) is 28.6 Å². The maximum absolute atomic E-state index is 14.2. The van der Waals surface area contributed by atoms with E-state index in [0.29, 0.717) is 52.2 Å². The number of carbonyl (C=O) groups is 3. The van der Waals surface area contributed by atoms with Gasteiger partial charge in [0, 0.05) is 64.2 Å². The third kappa shape index (κ3) is 4.19. The zero-order valence-electron chi connectivity index (χ0n) is 21.3. The largest absolute Gasteiger partial charge is 0.396 e. The molecule has 3 amide bonds. The molecule has 198 valence electrons. The topological polar surface area (TPSA) is 93.6 Å². The maximum Gasteiger partial charge on any atom is 0.247 e. The first-order valence-electron chi connectivity index (χ1n) is 13.1. The number of aliphatic hydroxyl groups excluding tert-OH is 1. The van der Waals surface area contributed by atoms with Gasteiger partial charge in [0.05, 0.1) is 29.8 Å². The zero-order valence-corrected chi connectivity index (χ0v) is 22.1. The number of hydrogen-bond acceptors (Lipinski definition) is 7. The summed E-state index contributed by atoms with van der Waals surface area (Å²) in [4.78, 5) is 49.5. The number of rotatable bonds is 7. The highest BCUT2D eigenvalue weighted by Crippen LogP contribution is 2.65. The molecule has 9 nitrogen and oxygen atoms in total. The quantitative estimate of drug-likeness (QED) is 0.380. The van der Waals surface area contributed by atoms with Crippen LogP contribution >= 0.6 is 11.8 Å². The second-order valence-electron chi connectivity index (χ2n) is 10.7. The highest BCUT2D eigenvalue weighted by Gasteiger charge is 2.73. The maximum atomic E-state index is 14.2. The number of likely N-dealkylation sites (tertiary alicyclic amines) is 1. The van der Waals surface area contributed by atoms with Crippen molar-refractivity contribution in [2.24, 2.45) is 11.8 Å². The normalized spacial score (nSPS) is 36.7. The molecular weight excluding hydrogens is 480 g/mol. The van der Waals surface area contributed by atoms with Gasteiger partial charge in [-0.2, -0.15) is 0 Å². The lowest BCUT2D eigenvalue weighted by Gasteiger charge is -2.37. The molecule has 3 fully saturated rings. The van der Waals surface area contributed by atoms with E-state index in [-0.39, 0.29) is 24.3 Å². The number of aliphatic hydroxyl groups is 1. The summed E-state index contributed by atoms with van der Waals surface area (Å²) in [5, 5.41) is 9.35. The van der Waals surface area contributed by atoms with E-state index in [0.717, 1.165) is 19.6 Å². The molecular formula is C26H38N4O5S. The molecule has 3 saturated heterocycles. The fourth-order valence-corrected chi connectivity index (χ4v) is 8.77. The van der Waals surface area contributed by atoms with Gasteiger partial charge in [0.25, 0.3) is 0 Å². The molecule has 36 heavy (non-hydrogen) atoms. The van der Waals surface area contributed by atoms with Gasteiger partial charge in [-0.3, -0.25) is 19.3 Å². The van der Waals surface area contributed by atoms with Gasteiger partial charge in [0.1, 0.15) is 6.04 Å². The summed E-state index contributed by atoms with van der Waals surface area (Å²) < 4.78 is 4.10. The Kier molecular flexibility index (Phi) is 7.24. The lowest BCUT2D eigenvalue weighted by Crippen LogP contribution is -2.54. The Hall–Kier alpha value is -1.88. The number of carbonyl (C=O) groups excluding carboxylic acids is 3. The van der Waals surface area contributed by atoms with Crippen LogP contribution in [0.15, 0.2) is 24.3 Å². The summed E-state index contributed by atoms with van der Waals surface area (Å²) in [6.45, 7) is 8.01. The van der Waals surface area contributed by atoms with Crippen molar-refractivity contribution in [3.8, 4) is 0 Å². The van der Waals surface area contributed by atoms with Crippen molar-refractivity contribution < 1.29 is 24.2 Å². The van der Waals surface area contributed by atoms with Gasteiger partial charge >= 0.3 is 0 Å². The van der Waals surface area contributed by atoms with Crippen molar-refractivity contribution >= 4 is 29.5 Å². The second kappa shape index (κ2) is 10.1. The molecule has 0 bridgehead atoms. The first kappa shape index (κ1) is 25.8. The lowest BCUT2D eigenvalue weighted by molar-refractivity contribution is -0.144. The monoisotopic (exact) mass is 518 g/mol. The number of hydrogen-bond donors (Lipinski definition) is 1. The Morgan fingerprint density at radius 2 is 1.72 bits per heavy atom. The number of ether oxygens (including phenoxy) is 1. The molecule has 0 radical (unpaired) electrons. The first-order chi connectivity index (χ1) is 17.3. The fraction of sp³-hybridized carbons (Fsp3) is 0.731. The van der Waals surface area contributed by atoms with E-state index in [9.17, 15) is 19.5 Å². The minimum absolute atomic E-state index is 0.0320. The fourth-order valence-electron chi connectivity index (χ4n) is 6.61. The van der Waals surface area contributed by atoms with Crippen LogP contribution in [0.3, 0.4) is 0 Å². The minimum Gasteiger partial charge on any atom is -0.396 e. The highest BCUT2D eigenvalue weighted by molar-refractivity contribution is 8.02. The van der Waals surface area contributed by atoms with Gasteiger partial charge in [-0.25, -0.2) is 0 Å². The summed E-state index contributed by atoms with van der Waals surface area (Å²) >= 11 is 1.62. The number of nitrogens with zero attached hydrogens (tertiary/aromatic N) is 4. The van der Waals surface area contributed by atoms with E-state index < -0.39 is 27.4 Å². The Bertz CT molecular complexity index is 953. The summed E-state index contributed by atoms with van der Waals surface area (Å²) in [5.41, 5.74) is 0. The van der Waals surface area contributed by atoms with Crippen LogP contribution in [0.4, 0.5) is 0 Å². The Labute approximate surface area is 217 Å². The molecule has 5 aliphatic heterocycles. The molecule has 5 atom stereocenters. The van der Waals surface area contributed by atoms with Crippen LogP contribution in [0.1, 0.15) is 19.8 Å². The van der Waals surface area contributed by atoms with Crippen molar-refractivity contribution in [1.29, 1.82) is 0 Å². The molecule has 0 aromatic carbocycles. The molecule has 0 aliphatic carbocycles. The van der Waals surface area contributed by atoms with Gasteiger partial charge in [-0.05, 0) is 19.8 Å². The van der Waals surface area contributed by atoms with Crippen molar-refractivity contribution in [3.63, 3.8) is 0 Å². The average Bonchev–Trinajstić information content (AvgIpc) is 3.14. The molecule has 10 heteroatoms. The van der Waals surface area contributed by atoms with E-state index in [4.69, 9.17) is 4.74 Å². The number of likely N-dealkylation sites (N-methyl/N-ethyl adjacent to an activating group) is 1. The molecule has 5 heterocycles. The van der Waals surface area contributed by atoms with E-state index in [1.807, 2.05) is 24.0 Å². The predicted molar refractivity (Wildman–Crippen MR) is 137 cm³/mol. The molecule has 5 rings (SSSR count). The van der Waals surface area contributed by atoms with Crippen LogP contribution in [-0.2, 0) is 19.1 Å². The van der Waals surface area contributed by atoms with Gasteiger partial charge in [-0.1, -0.05) is 24.3 Å². The van der Waals surface area contributed by atoms with Gasteiger partial charge in [0.2, 0.25) is 17.7 Å². The molecule has 1 spiro atoms. The van der Waals surface area contributed by atoms with Crippen LogP contribution in [-0.4, -0.2) is 131 Å². The minimum atomic E-state index is -0.793. The van der Waals surface area contributed by atoms with Crippen molar-refractivity contribution in [2.45, 2.75) is 35.3 Å². The van der Waals surface area contributed by atoms with Crippen molar-refractivity contribution in [1.82, 2.24) is 19.6 Å². The molecule has 0 aromatic heterocycles. The summed E-state index contributed by atoms with van der Waals surface area (Å²) in [5.74, 6) is -1.30. The number of amides is 3.